The van der Waals surface area contributed by atoms with Crippen LogP contribution in [0.1, 0.15) is 10.4 Å². The Hall–Kier alpha value is -2.06. The SMILES string of the molecule is CSc1ccc2nc(N3CCN(C(=O)c4cnn(C)c4)CC3)sc2c1. The Morgan fingerprint density at radius 1 is 1.24 bits per heavy atom. The molecule has 0 spiro atoms. The van der Waals surface area contributed by atoms with Gasteiger partial charge in [-0.05, 0) is 24.5 Å². The standard InChI is InChI=1S/C17H19N5OS2/c1-20-11-12(10-18-20)16(23)21-5-7-22(8-6-21)17-19-14-4-3-13(24-2)9-15(14)25-17/h3-4,9-11H,5-8H2,1-2H3. The molecule has 0 radical (unpaired) electrons. The van der Waals surface area contributed by atoms with Crippen molar-refractivity contribution in [1.29, 1.82) is 0 Å². The number of hydrogen-bond donors (Lipinski definition) is 0. The first-order chi connectivity index (χ1) is 12.1. The minimum atomic E-state index is 0.0571. The van der Waals surface area contributed by atoms with Gasteiger partial charge in [-0.3, -0.25) is 9.48 Å². The number of benzene rings is 1. The zero-order valence-electron chi connectivity index (χ0n) is 14.2. The van der Waals surface area contributed by atoms with Crippen molar-refractivity contribution in [2.75, 3.05) is 37.3 Å². The van der Waals surface area contributed by atoms with E-state index >= 15 is 0 Å². The third-order valence-electron chi connectivity index (χ3n) is 4.37. The van der Waals surface area contributed by atoms with Crippen molar-refractivity contribution in [3.05, 3.63) is 36.2 Å². The number of rotatable bonds is 3. The minimum Gasteiger partial charge on any atom is -0.345 e. The molecule has 1 saturated heterocycles. The van der Waals surface area contributed by atoms with E-state index < -0.39 is 0 Å². The molecular weight excluding hydrogens is 354 g/mol. The van der Waals surface area contributed by atoms with Crippen LogP contribution < -0.4 is 4.90 Å². The van der Waals surface area contributed by atoms with Gasteiger partial charge in [0.25, 0.3) is 5.91 Å². The Labute approximate surface area is 154 Å². The van der Waals surface area contributed by atoms with Crippen LogP contribution in [-0.2, 0) is 7.05 Å². The molecule has 3 aromatic rings. The van der Waals surface area contributed by atoms with Crippen molar-refractivity contribution >= 4 is 44.4 Å². The first-order valence-corrected chi connectivity index (χ1v) is 10.2. The monoisotopic (exact) mass is 373 g/mol. The first kappa shape index (κ1) is 16.4. The van der Waals surface area contributed by atoms with Crippen molar-refractivity contribution < 1.29 is 4.79 Å². The fourth-order valence-electron chi connectivity index (χ4n) is 2.97. The summed E-state index contributed by atoms with van der Waals surface area (Å²) in [6.45, 7) is 3.03. The van der Waals surface area contributed by atoms with Crippen LogP contribution in [0.25, 0.3) is 10.2 Å². The van der Waals surface area contributed by atoms with Gasteiger partial charge in [0.05, 0.1) is 22.0 Å². The summed E-state index contributed by atoms with van der Waals surface area (Å²) in [5, 5.41) is 5.13. The van der Waals surface area contributed by atoms with E-state index in [4.69, 9.17) is 4.98 Å². The number of amides is 1. The average Bonchev–Trinajstić information content (AvgIpc) is 3.26. The third-order valence-corrected chi connectivity index (χ3v) is 6.18. The second-order valence-corrected chi connectivity index (χ2v) is 7.90. The Bertz CT molecular complexity index is 911. The topological polar surface area (TPSA) is 54.3 Å². The predicted molar refractivity (Wildman–Crippen MR) is 103 cm³/mol. The lowest BCUT2D eigenvalue weighted by Crippen LogP contribution is -2.48. The second kappa shape index (κ2) is 6.68. The van der Waals surface area contributed by atoms with Crippen molar-refractivity contribution in [1.82, 2.24) is 19.7 Å². The second-order valence-electron chi connectivity index (χ2n) is 6.01. The summed E-state index contributed by atoms with van der Waals surface area (Å²) in [5.41, 5.74) is 1.70. The third kappa shape index (κ3) is 3.23. The lowest BCUT2D eigenvalue weighted by molar-refractivity contribution is 0.0746. The van der Waals surface area contributed by atoms with E-state index in [0.29, 0.717) is 18.7 Å². The molecule has 0 aliphatic carbocycles. The van der Waals surface area contributed by atoms with Gasteiger partial charge in [0, 0.05) is 44.3 Å². The van der Waals surface area contributed by atoms with Gasteiger partial charge >= 0.3 is 0 Å². The largest absolute Gasteiger partial charge is 0.345 e. The van der Waals surface area contributed by atoms with Gasteiger partial charge in [-0.2, -0.15) is 5.10 Å². The van der Waals surface area contributed by atoms with Crippen molar-refractivity contribution in [2.24, 2.45) is 7.05 Å². The van der Waals surface area contributed by atoms with E-state index in [1.165, 1.54) is 9.60 Å². The average molecular weight is 374 g/mol. The molecular formula is C17H19N5OS2. The maximum Gasteiger partial charge on any atom is 0.257 e. The van der Waals surface area contributed by atoms with Gasteiger partial charge in [0.2, 0.25) is 0 Å². The number of anilines is 1. The highest BCUT2D eigenvalue weighted by molar-refractivity contribution is 7.98. The Morgan fingerprint density at radius 2 is 2.04 bits per heavy atom. The molecule has 0 unspecified atom stereocenters. The van der Waals surface area contributed by atoms with Crippen molar-refractivity contribution in [3.63, 3.8) is 0 Å². The van der Waals surface area contributed by atoms with Crippen LogP contribution in [0, 0.1) is 0 Å². The number of piperazine rings is 1. The van der Waals surface area contributed by atoms with Gasteiger partial charge in [0.15, 0.2) is 5.13 Å². The molecule has 8 heteroatoms. The Balaban J connectivity index is 1.45. The van der Waals surface area contributed by atoms with E-state index in [0.717, 1.165) is 23.7 Å². The van der Waals surface area contributed by atoms with Gasteiger partial charge in [-0.1, -0.05) is 11.3 Å². The molecule has 4 rings (SSSR count). The smallest absolute Gasteiger partial charge is 0.257 e. The van der Waals surface area contributed by atoms with Crippen LogP contribution in [0.15, 0.2) is 35.5 Å². The normalized spacial score (nSPS) is 15.1. The van der Waals surface area contributed by atoms with Crippen LogP contribution in [0.3, 0.4) is 0 Å². The van der Waals surface area contributed by atoms with Crippen molar-refractivity contribution in [2.45, 2.75) is 4.90 Å². The highest BCUT2D eigenvalue weighted by Gasteiger charge is 2.24. The molecule has 0 N–H and O–H groups in total. The van der Waals surface area contributed by atoms with Crippen LogP contribution >= 0.6 is 23.1 Å². The molecule has 1 aliphatic heterocycles. The van der Waals surface area contributed by atoms with Crippen LogP contribution in [0.4, 0.5) is 5.13 Å². The number of aromatic nitrogens is 3. The van der Waals surface area contributed by atoms with Crippen LogP contribution in [0.2, 0.25) is 0 Å². The van der Waals surface area contributed by atoms with E-state index in [1.807, 2.05) is 11.9 Å². The number of carbonyl (C=O) groups excluding carboxylic acids is 1. The Morgan fingerprint density at radius 3 is 2.72 bits per heavy atom. The zero-order valence-corrected chi connectivity index (χ0v) is 15.8. The molecule has 1 fully saturated rings. The number of carbonyl (C=O) groups is 1. The molecule has 2 aromatic heterocycles. The maximum atomic E-state index is 12.5. The number of aryl methyl sites for hydroxylation is 1. The van der Waals surface area contributed by atoms with E-state index in [2.05, 4.69) is 34.5 Å². The summed E-state index contributed by atoms with van der Waals surface area (Å²) in [4.78, 5) is 22.7. The molecule has 0 saturated carbocycles. The molecule has 1 aromatic carbocycles. The molecule has 130 valence electrons. The van der Waals surface area contributed by atoms with Crippen molar-refractivity contribution in [3.8, 4) is 0 Å². The molecule has 3 heterocycles. The highest BCUT2D eigenvalue weighted by Crippen LogP contribution is 2.32. The molecule has 25 heavy (non-hydrogen) atoms. The zero-order chi connectivity index (χ0) is 17.4. The van der Waals surface area contributed by atoms with E-state index in [1.54, 1.807) is 40.2 Å². The fraction of sp³-hybridized carbons (Fsp3) is 0.353. The van der Waals surface area contributed by atoms with Gasteiger partial charge in [-0.15, -0.1) is 11.8 Å². The summed E-state index contributed by atoms with van der Waals surface area (Å²) in [5.74, 6) is 0.0571. The van der Waals surface area contributed by atoms with E-state index in [-0.39, 0.29) is 5.91 Å². The first-order valence-electron chi connectivity index (χ1n) is 8.11. The molecule has 0 atom stereocenters. The molecule has 6 nitrogen and oxygen atoms in total. The molecule has 0 bridgehead atoms. The number of fused-ring (bicyclic) bond motifs is 1. The predicted octanol–water partition coefficient (Wildman–Crippen LogP) is 2.71. The number of nitrogens with zero attached hydrogens (tertiary/aromatic N) is 5. The van der Waals surface area contributed by atoms with Gasteiger partial charge in [-0.25, -0.2) is 4.98 Å². The lowest BCUT2D eigenvalue weighted by Gasteiger charge is -2.34. The number of thiazole rings is 1. The fourth-order valence-corrected chi connectivity index (χ4v) is 4.54. The summed E-state index contributed by atoms with van der Waals surface area (Å²) in [7, 11) is 1.82. The van der Waals surface area contributed by atoms with Crippen LogP contribution in [0.5, 0.6) is 0 Å². The van der Waals surface area contributed by atoms with Gasteiger partial charge in [0.1, 0.15) is 0 Å². The number of thioether (sulfide) groups is 1. The van der Waals surface area contributed by atoms with Gasteiger partial charge < -0.3 is 9.80 Å². The molecule has 1 aliphatic rings. The summed E-state index contributed by atoms with van der Waals surface area (Å²) >= 11 is 3.47. The minimum absolute atomic E-state index is 0.0571. The van der Waals surface area contributed by atoms with Crippen LogP contribution in [-0.4, -0.2) is 58.0 Å². The summed E-state index contributed by atoms with van der Waals surface area (Å²) in [6.07, 6.45) is 5.48. The Kier molecular flexibility index (Phi) is 4.39. The lowest BCUT2D eigenvalue weighted by atomic mass is 10.2. The summed E-state index contributed by atoms with van der Waals surface area (Å²) in [6, 6.07) is 6.40. The molecule has 1 amide bonds. The van der Waals surface area contributed by atoms with E-state index in [9.17, 15) is 4.79 Å². The maximum absolute atomic E-state index is 12.5. The number of hydrogen-bond acceptors (Lipinski definition) is 6. The quantitative estimate of drug-likeness (QED) is 0.661. The summed E-state index contributed by atoms with van der Waals surface area (Å²) < 4.78 is 2.88. The highest BCUT2D eigenvalue weighted by atomic mass is 32.2.